The molecule has 0 aromatic carbocycles. The van der Waals surface area contributed by atoms with Crippen LogP contribution in [0.1, 0.15) is 1.37 Å². The Morgan fingerprint density at radius 3 is 2.89 bits per heavy atom. The van der Waals surface area contributed by atoms with Crippen LogP contribution >= 0.6 is 31.9 Å². The number of aromatic nitrogens is 2. The molecule has 0 radical (unpaired) electrons. The smallest absolute Gasteiger partial charge is 0.156 e. The standard InChI is InChI=1S/C4H3Br2N3/c5-2-1-8-4(7)3(6)9-2/h1H,(H2,7,8)/i1D. The van der Waals surface area contributed by atoms with Crippen molar-refractivity contribution in [1.82, 2.24) is 9.97 Å². The Balaban J connectivity index is 3.28. The fourth-order valence-corrected chi connectivity index (χ4v) is 1.09. The molecule has 0 aliphatic carbocycles. The predicted octanol–water partition coefficient (Wildman–Crippen LogP) is 1.58. The van der Waals surface area contributed by atoms with E-state index in [0.717, 1.165) is 0 Å². The van der Waals surface area contributed by atoms with Crippen LogP contribution in [0, 0.1) is 0 Å². The molecule has 9 heavy (non-hydrogen) atoms. The largest absolute Gasteiger partial charge is 0.381 e. The average Bonchev–Trinajstić information content (AvgIpc) is 1.84. The Morgan fingerprint density at radius 1 is 1.67 bits per heavy atom. The maximum atomic E-state index is 7.14. The zero-order valence-corrected chi connectivity index (χ0v) is 7.40. The highest BCUT2D eigenvalue weighted by Crippen LogP contribution is 2.15. The van der Waals surface area contributed by atoms with Gasteiger partial charge in [-0.15, -0.1) is 0 Å². The summed E-state index contributed by atoms with van der Waals surface area (Å²) in [5, 5.41) is 0. The summed E-state index contributed by atoms with van der Waals surface area (Å²) in [6, 6.07) is 0. The first kappa shape index (κ1) is 5.61. The highest BCUT2D eigenvalue weighted by Gasteiger charge is 1.96. The first-order valence-corrected chi connectivity index (χ1v) is 3.65. The molecule has 0 atom stereocenters. The molecule has 0 saturated carbocycles. The quantitative estimate of drug-likeness (QED) is 0.764. The molecule has 5 heteroatoms. The second-order valence-electron chi connectivity index (χ2n) is 1.30. The number of anilines is 1. The molecule has 3 nitrogen and oxygen atoms in total. The highest BCUT2D eigenvalue weighted by atomic mass is 79.9. The number of halogens is 2. The van der Waals surface area contributed by atoms with Gasteiger partial charge in [0, 0.05) is 0 Å². The first-order valence-electron chi connectivity index (χ1n) is 2.56. The van der Waals surface area contributed by atoms with Gasteiger partial charge in [0.1, 0.15) is 9.21 Å². The summed E-state index contributed by atoms with van der Waals surface area (Å²) < 4.78 is 7.97. The predicted molar refractivity (Wildman–Crippen MR) is 41.8 cm³/mol. The van der Waals surface area contributed by atoms with Gasteiger partial charge in [0.2, 0.25) is 0 Å². The van der Waals surface area contributed by atoms with Crippen molar-refractivity contribution >= 4 is 37.7 Å². The minimum Gasteiger partial charge on any atom is -0.381 e. The van der Waals surface area contributed by atoms with Crippen molar-refractivity contribution in [2.45, 2.75) is 0 Å². The minimum atomic E-state index is 0.0423. The van der Waals surface area contributed by atoms with Gasteiger partial charge in [0.15, 0.2) is 5.82 Å². The van der Waals surface area contributed by atoms with E-state index in [1.54, 1.807) is 0 Å². The van der Waals surface area contributed by atoms with Crippen molar-refractivity contribution in [3.63, 3.8) is 0 Å². The van der Waals surface area contributed by atoms with Crippen LogP contribution < -0.4 is 5.73 Å². The lowest BCUT2D eigenvalue weighted by Gasteiger charge is -1.93. The number of hydrogen-bond acceptors (Lipinski definition) is 3. The maximum Gasteiger partial charge on any atom is 0.156 e. The summed E-state index contributed by atoms with van der Waals surface area (Å²) in [6.45, 7) is 0. The number of nitrogens with two attached hydrogens (primary N) is 1. The van der Waals surface area contributed by atoms with Crippen LogP contribution in [-0.2, 0) is 0 Å². The van der Waals surface area contributed by atoms with Crippen LogP contribution in [-0.4, -0.2) is 9.97 Å². The summed E-state index contributed by atoms with van der Waals surface area (Å²) in [6.07, 6.45) is 0.0423. The molecule has 1 rings (SSSR count). The number of hydrogen-bond donors (Lipinski definition) is 1. The zero-order chi connectivity index (χ0) is 7.72. The van der Waals surface area contributed by atoms with Gasteiger partial charge < -0.3 is 5.73 Å². The third-order valence-electron chi connectivity index (χ3n) is 0.676. The van der Waals surface area contributed by atoms with Gasteiger partial charge in [-0.25, -0.2) is 9.97 Å². The van der Waals surface area contributed by atoms with E-state index in [4.69, 9.17) is 7.10 Å². The summed E-state index contributed by atoms with van der Waals surface area (Å²) in [5.74, 6) is 0.230. The van der Waals surface area contributed by atoms with E-state index in [1.165, 1.54) is 0 Å². The SMILES string of the molecule is [2H]c1nc(N)c(Br)nc1Br. The molecular weight excluding hydrogens is 250 g/mol. The maximum absolute atomic E-state index is 7.14. The van der Waals surface area contributed by atoms with Gasteiger partial charge in [-0.3, -0.25) is 0 Å². The Labute approximate surface area is 70.4 Å². The third-order valence-corrected chi connectivity index (χ3v) is 1.61. The van der Waals surface area contributed by atoms with Crippen LogP contribution in [0.25, 0.3) is 0 Å². The lowest BCUT2D eigenvalue weighted by molar-refractivity contribution is 1.14. The fourth-order valence-electron chi connectivity index (χ4n) is 0.321. The van der Waals surface area contributed by atoms with Crippen LogP contribution in [0.2, 0.25) is 0 Å². The van der Waals surface area contributed by atoms with Gasteiger partial charge in [-0.2, -0.15) is 0 Å². The molecule has 2 N–H and O–H groups in total. The average molecular weight is 254 g/mol. The normalized spacial score (nSPS) is 11.1. The number of rotatable bonds is 0. The first-order chi connectivity index (χ1) is 4.61. The van der Waals surface area contributed by atoms with Crippen molar-refractivity contribution in [3.8, 4) is 0 Å². The Morgan fingerprint density at radius 2 is 2.33 bits per heavy atom. The van der Waals surface area contributed by atoms with Crippen molar-refractivity contribution in [3.05, 3.63) is 15.4 Å². The minimum absolute atomic E-state index is 0.0423. The summed E-state index contributed by atoms with van der Waals surface area (Å²) in [4.78, 5) is 7.49. The van der Waals surface area contributed by atoms with Gasteiger partial charge in [0.25, 0.3) is 0 Å². The summed E-state index contributed by atoms with van der Waals surface area (Å²) in [7, 11) is 0. The monoisotopic (exact) mass is 252 g/mol. The Bertz CT molecular complexity index is 215. The van der Waals surface area contributed by atoms with Gasteiger partial charge in [-0.1, -0.05) is 0 Å². The van der Waals surface area contributed by atoms with Crippen molar-refractivity contribution in [1.29, 1.82) is 0 Å². The Kier molecular flexibility index (Phi) is 1.63. The second kappa shape index (κ2) is 2.62. The second-order valence-corrected chi connectivity index (χ2v) is 2.80. The molecule has 0 bridgehead atoms. The molecule has 0 aliphatic rings. The van der Waals surface area contributed by atoms with Gasteiger partial charge >= 0.3 is 0 Å². The molecular formula is C4H3Br2N3. The van der Waals surface area contributed by atoms with E-state index in [-0.39, 0.29) is 12.0 Å². The molecule has 0 fully saturated rings. The molecule has 48 valence electrons. The Hall–Kier alpha value is -0.160. The molecule has 1 aromatic rings. The van der Waals surface area contributed by atoms with E-state index < -0.39 is 0 Å². The number of nitrogens with zero attached hydrogens (tertiary/aromatic N) is 2. The molecule has 0 unspecified atom stereocenters. The van der Waals surface area contributed by atoms with Crippen molar-refractivity contribution < 1.29 is 1.37 Å². The highest BCUT2D eigenvalue weighted by molar-refractivity contribution is 9.11. The zero-order valence-electron chi connectivity index (χ0n) is 5.23. The van der Waals surface area contributed by atoms with E-state index >= 15 is 0 Å². The van der Waals surface area contributed by atoms with Crippen molar-refractivity contribution in [2.24, 2.45) is 0 Å². The molecule has 0 amide bonds. The molecule has 0 spiro atoms. The summed E-state index contributed by atoms with van der Waals surface area (Å²) in [5.41, 5.74) is 5.33. The molecule has 0 aliphatic heterocycles. The van der Waals surface area contributed by atoms with E-state index in [1.807, 2.05) is 0 Å². The van der Waals surface area contributed by atoms with E-state index in [2.05, 4.69) is 41.8 Å². The van der Waals surface area contributed by atoms with E-state index in [0.29, 0.717) is 9.21 Å². The third kappa shape index (κ3) is 1.62. The lowest BCUT2D eigenvalue weighted by atomic mass is 10.7. The van der Waals surface area contributed by atoms with Crippen molar-refractivity contribution in [2.75, 3.05) is 5.73 Å². The fraction of sp³-hybridized carbons (Fsp3) is 0. The van der Waals surface area contributed by atoms with Crippen LogP contribution in [0.5, 0.6) is 0 Å². The van der Waals surface area contributed by atoms with Crippen LogP contribution in [0.15, 0.2) is 15.4 Å². The molecule has 1 heterocycles. The van der Waals surface area contributed by atoms with Gasteiger partial charge in [0.05, 0.1) is 7.54 Å². The van der Waals surface area contributed by atoms with Crippen LogP contribution in [0.4, 0.5) is 5.82 Å². The van der Waals surface area contributed by atoms with E-state index in [9.17, 15) is 0 Å². The molecule has 1 aromatic heterocycles. The lowest BCUT2D eigenvalue weighted by Crippen LogP contribution is -1.92. The molecule has 0 saturated heterocycles. The van der Waals surface area contributed by atoms with Crippen LogP contribution in [0.3, 0.4) is 0 Å². The topological polar surface area (TPSA) is 51.8 Å². The summed E-state index contributed by atoms with van der Waals surface area (Å²) >= 11 is 6.10. The number of nitrogen functional groups attached to an aromatic ring is 1. The van der Waals surface area contributed by atoms with Gasteiger partial charge in [-0.05, 0) is 31.9 Å².